The Labute approximate surface area is 226 Å². The molecule has 2 fully saturated rings. The number of nitrogens with zero attached hydrogens (tertiary/aromatic N) is 3. The van der Waals surface area contributed by atoms with Gasteiger partial charge in [-0.05, 0) is 49.7 Å². The van der Waals surface area contributed by atoms with Crippen molar-refractivity contribution >= 4 is 39.0 Å². The lowest BCUT2D eigenvalue weighted by atomic mass is 10.2. The van der Waals surface area contributed by atoms with Crippen molar-refractivity contribution in [2.45, 2.75) is 30.4 Å². The second kappa shape index (κ2) is 11.4. The topological polar surface area (TPSA) is 143 Å². The van der Waals surface area contributed by atoms with Gasteiger partial charge in [0.05, 0.1) is 30.7 Å². The molecule has 0 radical (unpaired) electrons. The van der Waals surface area contributed by atoms with E-state index >= 15 is 0 Å². The first-order chi connectivity index (χ1) is 18.8. The standard InChI is InChI=1S/C27H30N6O5S/c1-18-16-38-14-13-33(18)24-15-22(17-39(36,37)23-11-12-28-26(23)34)29-25(32-24)19-7-9-21(10-8-19)31-27(35)30-20-5-3-2-4-6-20/h2-10,15,18,23H,11-14,16-17H2,1H3,(H,28,34)(H2,30,31,35)/t18-,23?/m0/s1. The van der Waals surface area contributed by atoms with Crippen LogP contribution in [0.4, 0.5) is 22.0 Å². The van der Waals surface area contributed by atoms with E-state index in [0.717, 1.165) is 0 Å². The van der Waals surface area contributed by atoms with Gasteiger partial charge in [-0.15, -0.1) is 0 Å². The zero-order valence-electron chi connectivity index (χ0n) is 21.5. The summed E-state index contributed by atoms with van der Waals surface area (Å²) >= 11 is 0. The highest BCUT2D eigenvalue weighted by molar-refractivity contribution is 7.92. The van der Waals surface area contributed by atoms with Crippen LogP contribution in [0.15, 0.2) is 60.7 Å². The van der Waals surface area contributed by atoms with Crippen molar-refractivity contribution in [1.29, 1.82) is 0 Å². The maximum Gasteiger partial charge on any atom is 0.323 e. The van der Waals surface area contributed by atoms with Crippen LogP contribution in [-0.4, -0.2) is 67.9 Å². The Morgan fingerprint density at radius 1 is 1.08 bits per heavy atom. The minimum atomic E-state index is -3.77. The van der Waals surface area contributed by atoms with Crippen LogP contribution < -0.4 is 20.9 Å². The number of hydrogen-bond donors (Lipinski definition) is 3. The lowest BCUT2D eigenvalue weighted by Crippen LogP contribution is -2.44. The van der Waals surface area contributed by atoms with Crippen molar-refractivity contribution in [1.82, 2.24) is 15.3 Å². The van der Waals surface area contributed by atoms with Crippen molar-refractivity contribution in [2.24, 2.45) is 0 Å². The van der Waals surface area contributed by atoms with E-state index < -0.39 is 21.0 Å². The first kappa shape index (κ1) is 26.6. The van der Waals surface area contributed by atoms with Crippen molar-refractivity contribution < 1.29 is 22.7 Å². The number of nitrogens with one attached hydrogen (secondary N) is 3. The summed E-state index contributed by atoms with van der Waals surface area (Å²) in [4.78, 5) is 35.8. The van der Waals surface area contributed by atoms with Gasteiger partial charge in [0.2, 0.25) is 5.91 Å². The summed E-state index contributed by atoms with van der Waals surface area (Å²) in [5.74, 6) is 0.116. The number of morpholine rings is 1. The molecular weight excluding hydrogens is 520 g/mol. The van der Waals surface area contributed by atoms with Crippen LogP contribution in [-0.2, 0) is 25.1 Å². The Morgan fingerprint density at radius 2 is 1.79 bits per heavy atom. The molecule has 2 aliphatic rings. The molecule has 11 nitrogen and oxygen atoms in total. The number of sulfone groups is 1. The second-order valence-corrected chi connectivity index (χ2v) is 11.7. The molecule has 2 aliphatic heterocycles. The molecule has 2 aromatic carbocycles. The van der Waals surface area contributed by atoms with Gasteiger partial charge < -0.3 is 25.6 Å². The first-order valence-electron chi connectivity index (χ1n) is 12.7. The largest absolute Gasteiger partial charge is 0.377 e. The molecule has 3 aromatic rings. The summed E-state index contributed by atoms with van der Waals surface area (Å²) in [6.07, 6.45) is 0.249. The molecule has 12 heteroatoms. The summed E-state index contributed by atoms with van der Waals surface area (Å²) in [7, 11) is -3.77. The Kier molecular flexibility index (Phi) is 7.75. The van der Waals surface area contributed by atoms with Gasteiger partial charge in [-0.3, -0.25) is 4.79 Å². The van der Waals surface area contributed by atoms with E-state index in [9.17, 15) is 18.0 Å². The van der Waals surface area contributed by atoms with Crippen molar-refractivity contribution in [3.05, 3.63) is 66.4 Å². The molecule has 3 amide bonds. The lowest BCUT2D eigenvalue weighted by molar-refractivity contribution is -0.118. The molecule has 1 aromatic heterocycles. The molecule has 5 rings (SSSR count). The third kappa shape index (κ3) is 6.35. The highest BCUT2D eigenvalue weighted by Crippen LogP contribution is 2.26. The third-order valence-electron chi connectivity index (χ3n) is 6.64. The zero-order valence-corrected chi connectivity index (χ0v) is 22.3. The number of carbonyl (C=O) groups is 2. The van der Waals surface area contributed by atoms with Crippen LogP contribution in [0, 0.1) is 0 Å². The van der Waals surface area contributed by atoms with Gasteiger partial charge in [0.15, 0.2) is 15.7 Å². The number of aromatic nitrogens is 2. The van der Waals surface area contributed by atoms with E-state index in [1.54, 1.807) is 42.5 Å². The number of para-hydroxylation sites is 1. The fourth-order valence-corrected chi connectivity index (χ4v) is 6.29. The highest BCUT2D eigenvalue weighted by Gasteiger charge is 2.36. The molecule has 2 atom stereocenters. The minimum Gasteiger partial charge on any atom is -0.377 e. The number of urea groups is 1. The second-order valence-electron chi connectivity index (χ2n) is 9.56. The van der Waals surface area contributed by atoms with E-state index in [0.29, 0.717) is 60.6 Å². The van der Waals surface area contributed by atoms with Crippen molar-refractivity contribution in [3.8, 4) is 11.4 Å². The number of rotatable bonds is 7. The maximum absolute atomic E-state index is 13.1. The predicted molar refractivity (Wildman–Crippen MR) is 148 cm³/mol. The van der Waals surface area contributed by atoms with Gasteiger partial charge in [-0.1, -0.05) is 18.2 Å². The number of ether oxygens (including phenoxy) is 1. The quantitative estimate of drug-likeness (QED) is 0.408. The molecule has 3 heterocycles. The molecule has 204 valence electrons. The third-order valence-corrected chi connectivity index (χ3v) is 8.66. The number of carbonyl (C=O) groups excluding carboxylic acids is 2. The SMILES string of the molecule is C[C@H]1COCCN1c1cc(CS(=O)(=O)C2CCNC2=O)nc(-c2ccc(NC(=O)Nc3ccccc3)cc2)n1. The van der Waals surface area contributed by atoms with E-state index in [-0.39, 0.29) is 24.2 Å². The summed E-state index contributed by atoms with van der Waals surface area (Å²) in [5, 5.41) is 7.07. The lowest BCUT2D eigenvalue weighted by Gasteiger charge is -2.34. The number of anilines is 3. The number of benzene rings is 2. The molecule has 2 saturated heterocycles. The molecule has 0 aliphatic carbocycles. The first-order valence-corrected chi connectivity index (χ1v) is 14.5. The van der Waals surface area contributed by atoms with Crippen LogP contribution in [0.5, 0.6) is 0 Å². The summed E-state index contributed by atoms with van der Waals surface area (Å²) in [6, 6.07) is 17.4. The molecular formula is C27H30N6O5S. The van der Waals surface area contributed by atoms with Gasteiger partial charge in [-0.25, -0.2) is 23.2 Å². The molecule has 0 spiro atoms. The fourth-order valence-electron chi connectivity index (χ4n) is 4.64. The minimum absolute atomic E-state index is 0.0428. The molecule has 1 unspecified atom stereocenters. The van der Waals surface area contributed by atoms with Crippen molar-refractivity contribution in [3.63, 3.8) is 0 Å². The van der Waals surface area contributed by atoms with Crippen LogP contribution in [0.3, 0.4) is 0 Å². The van der Waals surface area contributed by atoms with Gasteiger partial charge >= 0.3 is 6.03 Å². The zero-order chi connectivity index (χ0) is 27.4. The van der Waals surface area contributed by atoms with Gasteiger partial charge in [0.1, 0.15) is 11.1 Å². The Balaban J connectivity index is 1.40. The average molecular weight is 551 g/mol. The Hall–Kier alpha value is -4.03. The molecule has 0 bridgehead atoms. The average Bonchev–Trinajstić information content (AvgIpc) is 3.36. The highest BCUT2D eigenvalue weighted by atomic mass is 32.2. The van der Waals surface area contributed by atoms with Crippen molar-refractivity contribution in [2.75, 3.05) is 41.8 Å². The monoisotopic (exact) mass is 550 g/mol. The Morgan fingerprint density at radius 3 is 2.46 bits per heavy atom. The summed E-state index contributed by atoms with van der Waals surface area (Å²) < 4.78 is 31.7. The smallest absolute Gasteiger partial charge is 0.323 e. The Bertz CT molecular complexity index is 1450. The van der Waals surface area contributed by atoms with E-state index in [1.807, 2.05) is 25.1 Å². The van der Waals surface area contributed by atoms with Gasteiger partial charge in [-0.2, -0.15) is 0 Å². The van der Waals surface area contributed by atoms with Gasteiger partial charge in [0.25, 0.3) is 0 Å². The molecule has 39 heavy (non-hydrogen) atoms. The summed E-state index contributed by atoms with van der Waals surface area (Å²) in [5.41, 5.74) is 2.22. The number of hydrogen-bond acceptors (Lipinski definition) is 8. The number of amides is 3. The fraction of sp³-hybridized carbons (Fsp3) is 0.333. The summed E-state index contributed by atoms with van der Waals surface area (Å²) in [6.45, 7) is 4.03. The van der Waals surface area contributed by atoms with E-state index in [2.05, 4.69) is 25.8 Å². The van der Waals surface area contributed by atoms with Gasteiger partial charge in [0, 0.05) is 36.1 Å². The normalized spacial score (nSPS) is 19.4. The van der Waals surface area contributed by atoms with E-state index in [1.165, 1.54) is 0 Å². The van der Waals surface area contributed by atoms with Crippen LogP contribution in [0.2, 0.25) is 0 Å². The van der Waals surface area contributed by atoms with Crippen LogP contribution in [0.1, 0.15) is 19.0 Å². The van der Waals surface area contributed by atoms with Crippen LogP contribution >= 0.6 is 0 Å². The van der Waals surface area contributed by atoms with E-state index in [4.69, 9.17) is 9.72 Å². The molecule has 3 N–H and O–H groups in total. The predicted octanol–water partition coefficient (Wildman–Crippen LogP) is 2.82. The van der Waals surface area contributed by atoms with Crippen LogP contribution in [0.25, 0.3) is 11.4 Å². The molecule has 0 saturated carbocycles. The maximum atomic E-state index is 13.1.